The van der Waals surface area contributed by atoms with Gasteiger partial charge in [-0.2, -0.15) is 0 Å². The number of ether oxygens (including phenoxy) is 1. The Balaban J connectivity index is 1.45. The number of likely N-dealkylation sites (tertiary alicyclic amines) is 1. The molecule has 0 radical (unpaired) electrons. The zero-order chi connectivity index (χ0) is 23.9. The van der Waals surface area contributed by atoms with Crippen LogP contribution in [-0.4, -0.2) is 41.9 Å². The van der Waals surface area contributed by atoms with Gasteiger partial charge in [0.2, 0.25) is 11.8 Å². The average Bonchev–Trinajstić information content (AvgIpc) is 2.86. The third-order valence-corrected chi connectivity index (χ3v) is 6.26. The van der Waals surface area contributed by atoms with Gasteiger partial charge in [-0.3, -0.25) is 14.5 Å². The predicted molar refractivity (Wildman–Crippen MR) is 133 cm³/mol. The molecule has 1 saturated heterocycles. The molecule has 2 amide bonds. The van der Waals surface area contributed by atoms with Crippen LogP contribution < -0.4 is 15.4 Å². The number of nitrogens with zero attached hydrogens (tertiary/aromatic N) is 2. The Hall–Kier alpha value is -3.42. The molecule has 1 aliphatic rings. The van der Waals surface area contributed by atoms with Crippen LogP contribution in [0.5, 0.6) is 5.75 Å². The molecule has 0 bridgehead atoms. The van der Waals surface area contributed by atoms with Gasteiger partial charge in [-0.15, -0.1) is 0 Å². The minimum atomic E-state index is -0.484. The van der Waals surface area contributed by atoms with Crippen molar-refractivity contribution in [3.05, 3.63) is 83.5 Å². The molecule has 0 saturated carbocycles. The Morgan fingerprint density at radius 2 is 1.76 bits per heavy atom. The Morgan fingerprint density at radius 3 is 2.41 bits per heavy atom. The zero-order valence-electron chi connectivity index (χ0n) is 18.9. The number of nitrogens with one attached hydrogen (secondary N) is 2. The molecule has 1 aromatic heterocycles. The fourth-order valence-electron chi connectivity index (χ4n) is 4.20. The summed E-state index contributed by atoms with van der Waals surface area (Å²) >= 11 is 6.23. The fraction of sp³-hybridized carbons (Fsp3) is 0.269. The fourth-order valence-corrected chi connectivity index (χ4v) is 4.46. The highest BCUT2D eigenvalue weighted by atomic mass is 35.5. The van der Waals surface area contributed by atoms with Gasteiger partial charge in [-0.05, 0) is 61.8 Å². The van der Waals surface area contributed by atoms with Gasteiger partial charge in [0.25, 0.3) is 0 Å². The molecule has 2 aromatic carbocycles. The molecule has 1 atom stereocenters. The standard InChI is InChI=1S/C26H27ClN4O3/c1-34-22-11-10-20(17-21(22)27)29-26(33)24(18-7-3-2-4-8-18)31-15-12-19(13-16-31)25(32)30-23-9-5-6-14-28-23/h2-11,14,17,19,24H,12-13,15-16H2,1H3,(H,29,33)(H,28,30,32). The van der Waals surface area contributed by atoms with E-state index in [4.69, 9.17) is 16.3 Å². The number of hydrogen-bond donors (Lipinski definition) is 2. The molecule has 0 spiro atoms. The van der Waals surface area contributed by atoms with Gasteiger partial charge in [0.05, 0.1) is 12.1 Å². The number of piperidine rings is 1. The Morgan fingerprint density at radius 1 is 1.03 bits per heavy atom. The summed E-state index contributed by atoms with van der Waals surface area (Å²) in [7, 11) is 1.55. The van der Waals surface area contributed by atoms with Crippen molar-refractivity contribution in [2.75, 3.05) is 30.8 Å². The van der Waals surface area contributed by atoms with Gasteiger partial charge in [0.15, 0.2) is 0 Å². The number of carbonyl (C=O) groups excluding carboxylic acids is 2. The van der Waals surface area contributed by atoms with Crippen LogP contribution in [0.4, 0.5) is 11.5 Å². The van der Waals surface area contributed by atoms with Crippen molar-refractivity contribution in [2.45, 2.75) is 18.9 Å². The SMILES string of the molecule is COc1ccc(NC(=O)C(c2ccccc2)N2CCC(C(=O)Nc3ccccn3)CC2)cc1Cl. The number of hydrogen-bond acceptors (Lipinski definition) is 5. The van der Waals surface area contributed by atoms with Crippen molar-refractivity contribution >= 4 is 34.9 Å². The number of amides is 2. The molecule has 7 nitrogen and oxygen atoms in total. The quantitative estimate of drug-likeness (QED) is 0.511. The van der Waals surface area contributed by atoms with Crippen molar-refractivity contribution in [1.82, 2.24) is 9.88 Å². The molecular weight excluding hydrogens is 452 g/mol. The monoisotopic (exact) mass is 478 g/mol. The van der Waals surface area contributed by atoms with E-state index in [1.807, 2.05) is 42.5 Å². The van der Waals surface area contributed by atoms with Gasteiger partial charge in [0, 0.05) is 17.8 Å². The third-order valence-electron chi connectivity index (χ3n) is 5.96. The molecule has 3 aromatic rings. The van der Waals surface area contributed by atoms with Gasteiger partial charge in [-0.1, -0.05) is 48.0 Å². The molecule has 2 heterocycles. The molecule has 0 aliphatic carbocycles. The summed E-state index contributed by atoms with van der Waals surface area (Å²) in [4.78, 5) is 32.4. The lowest BCUT2D eigenvalue weighted by Gasteiger charge is -2.36. The first-order valence-electron chi connectivity index (χ1n) is 11.2. The lowest BCUT2D eigenvalue weighted by atomic mass is 9.93. The highest BCUT2D eigenvalue weighted by Crippen LogP contribution is 2.31. The zero-order valence-corrected chi connectivity index (χ0v) is 19.7. The number of benzene rings is 2. The molecule has 1 fully saturated rings. The summed E-state index contributed by atoms with van der Waals surface area (Å²) in [6.07, 6.45) is 2.96. The summed E-state index contributed by atoms with van der Waals surface area (Å²) in [5.41, 5.74) is 1.50. The van der Waals surface area contributed by atoms with Crippen LogP contribution in [0.1, 0.15) is 24.4 Å². The van der Waals surface area contributed by atoms with E-state index in [-0.39, 0.29) is 17.7 Å². The van der Waals surface area contributed by atoms with E-state index in [9.17, 15) is 9.59 Å². The number of pyridine rings is 1. The summed E-state index contributed by atoms with van der Waals surface area (Å²) < 4.78 is 5.19. The second-order valence-electron chi connectivity index (χ2n) is 8.17. The van der Waals surface area contributed by atoms with E-state index in [2.05, 4.69) is 20.5 Å². The van der Waals surface area contributed by atoms with E-state index < -0.39 is 6.04 Å². The predicted octanol–water partition coefficient (Wildman–Crippen LogP) is 4.77. The van der Waals surface area contributed by atoms with Gasteiger partial charge in [-0.25, -0.2) is 4.98 Å². The lowest BCUT2D eigenvalue weighted by Crippen LogP contribution is -2.44. The van der Waals surface area contributed by atoms with Crippen LogP contribution in [0.2, 0.25) is 5.02 Å². The Kier molecular flexibility index (Phi) is 7.77. The highest BCUT2D eigenvalue weighted by molar-refractivity contribution is 6.32. The number of carbonyl (C=O) groups is 2. The van der Waals surface area contributed by atoms with E-state index in [0.717, 1.165) is 5.56 Å². The molecule has 1 unspecified atom stereocenters. The largest absolute Gasteiger partial charge is 0.495 e. The first-order chi connectivity index (χ1) is 16.5. The highest BCUT2D eigenvalue weighted by Gasteiger charge is 2.33. The summed E-state index contributed by atoms with van der Waals surface area (Å²) in [5.74, 6) is 0.786. The number of aromatic nitrogens is 1. The average molecular weight is 479 g/mol. The minimum Gasteiger partial charge on any atom is -0.495 e. The molecule has 8 heteroatoms. The van der Waals surface area contributed by atoms with Crippen LogP contribution >= 0.6 is 11.6 Å². The smallest absolute Gasteiger partial charge is 0.246 e. The Labute approximate surface area is 204 Å². The molecular formula is C26H27ClN4O3. The van der Waals surface area contributed by atoms with Gasteiger partial charge in [0.1, 0.15) is 17.6 Å². The van der Waals surface area contributed by atoms with Crippen molar-refractivity contribution in [1.29, 1.82) is 0 Å². The maximum absolute atomic E-state index is 13.4. The summed E-state index contributed by atoms with van der Waals surface area (Å²) in [6.45, 7) is 1.24. The Bertz CT molecular complexity index is 1120. The van der Waals surface area contributed by atoms with Crippen molar-refractivity contribution < 1.29 is 14.3 Å². The van der Waals surface area contributed by atoms with Crippen LogP contribution in [0.3, 0.4) is 0 Å². The maximum Gasteiger partial charge on any atom is 0.246 e. The number of rotatable bonds is 7. The van der Waals surface area contributed by atoms with Crippen LogP contribution in [0.25, 0.3) is 0 Å². The summed E-state index contributed by atoms with van der Waals surface area (Å²) in [6, 6.07) is 19.8. The van der Waals surface area contributed by atoms with E-state index in [0.29, 0.717) is 48.2 Å². The van der Waals surface area contributed by atoms with Crippen molar-refractivity contribution in [2.24, 2.45) is 5.92 Å². The summed E-state index contributed by atoms with van der Waals surface area (Å²) in [5, 5.41) is 6.30. The second-order valence-corrected chi connectivity index (χ2v) is 8.57. The van der Waals surface area contributed by atoms with E-state index in [1.54, 1.807) is 37.6 Å². The van der Waals surface area contributed by atoms with Crippen LogP contribution in [0, 0.1) is 5.92 Å². The molecule has 176 valence electrons. The number of anilines is 2. The number of methoxy groups -OCH3 is 1. The van der Waals surface area contributed by atoms with Crippen LogP contribution in [0.15, 0.2) is 72.9 Å². The van der Waals surface area contributed by atoms with Crippen molar-refractivity contribution in [3.63, 3.8) is 0 Å². The third kappa shape index (κ3) is 5.73. The van der Waals surface area contributed by atoms with E-state index in [1.165, 1.54) is 0 Å². The van der Waals surface area contributed by atoms with Crippen molar-refractivity contribution in [3.8, 4) is 5.75 Å². The first kappa shape index (κ1) is 23.7. The molecule has 4 rings (SSSR count). The lowest BCUT2D eigenvalue weighted by molar-refractivity contribution is -0.124. The normalized spacial score (nSPS) is 15.4. The topological polar surface area (TPSA) is 83.6 Å². The van der Waals surface area contributed by atoms with E-state index >= 15 is 0 Å². The van der Waals surface area contributed by atoms with Gasteiger partial charge >= 0.3 is 0 Å². The maximum atomic E-state index is 13.4. The van der Waals surface area contributed by atoms with Gasteiger partial charge < -0.3 is 15.4 Å². The molecule has 1 aliphatic heterocycles. The van der Waals surface area contributed by atoms with Crippen LogP contribution in [-0.2, 0) is 9.59 Å². The first-order valence-corrected chi connectivity index (χ1v) is 11.6. The number of halogens is 1. The molecule has 2 N–H and O–H groups in total. The second kappa shape index (κ2) is 11.1. The molecule has 34 heavy (non-hydrogen) atoms. The minimum absolute atomic E-state index is 0.0352.